The molecule has 0 saturated heterocycles. The highest BCUT2D eigenvalue weighted by molar-refractivity contribution is 5.86. The lowest BCUT2D eigenvalue weighted by Gasteiger charge is -2.16. The molecular weight excluding hydrogens is 350 g/mol. The lowest BCUT2D eigenvalue weighted by atomic mass is 10.1. The first-order valence-corrected chi connectivity index (χ1v) is 8.29. The van der Waals surface area contributed by atoms with Gasteiger partial charge in [0.25, 0.3) is 5.56 Å². The van der Waals surface area contributed by atoms with Crippen LogP contribution >= 0.6 is 0 Å². The summed E-state index contributed by atoms with van der Waals surface area (Å²) < 4.78 is 1.04. The lowest BCUT2D eigenvalue weighted by Crippen LogP contribution is -2.39. The number of aryl methyl sites for hydroxylation is 3. The molecule has 2 aromatic heterocycles. The second-order valence-electron chi connectivity index (χ2n) is 6.28. The molecule has 0 bridgehead atoms. The van der Waals surface area contributed by atoms with E-state index in [9.17, 15) is 19.5 Å². The van der Waals surface area contributed by atoms with Gasteiger partial charge in [0.2, 0.25) is 5.91 Å². The molecule has 1 amide bonds. The highest BCUT2D eigenvalue weighted by atomic mass is 16.4. The number of benzene rings is 1. The SMILES string of the molecule is Cc1n[nH]c(C)c1[C@@H](NC(=O)Cn1nc(C)c2ccccc2c1=O)C(=O)O. The van der Waals surface area contributed by atoms with E-state index in [0.717, 1.165) is 4.68 Å². The van der Waals surface area contributed by atoms with Crippen molar-refractivity contribution in [3.05, 3.63) is 57.3 Å². The smallest absolute Gasteiger partial charge is 0.331 e. The number of aromatic nitrogens is 4. The van der Waals surface area contributed by atoms with Gasteiger partial charge in [0, 0.05) is 16.6 Å². The van der Waals surface area contributed by atoms with Crippen molar-refractivity contribution in [1.82, 2.24) is 25.3 Å². The Balaban J connectivity index is 1.89. The fraction of sp³-hybridized carbons (Fsp3) is 0.278. The minimum absolute atomic E-state index is 0.385. The summed E-state index contributed by atoms with van der Waals surface area (Å²) in [7, 11) is 0. The number of carbonyl (C=O) groups is 2. The van der Waals surface area contributed by atoms with Crippen LogP contribution in [0.15, 0.2) is 29.1 Å². The minimum Gasteiger partial charge on any atom is -0.479 e. The van der Waals surface area contributed by atoms with Gasteiger partial charge in [-0.1, -0.05) is 18.2 Å². The van der Waals surface area contributed by atoms with Gasteiger partial charge < -0.3 is 10.4 Å². The molecule has 1 atom stereocenters. The number of carboxylic acids is 1. The molecule has 27 heavy (non-hydrogen) atoms. The summed E-state index contributed by atoms with van der Waals surface area (Å²) in [5, 5.41) is 24.0. The molecule has 0 unspecified atom stereocenters. The second-order valence-corrected chi connectivity index (χ2v) is 6.28. The van der Waals surface area contributed by atoms with Crippen molar-refractivity contribution in [2.24, 2.45) is 0 Å². The Labute approximate surface area is 154 Å². The third-order valence-electron chi connectivity index (χ3n) is 4.37. The van der Waals surface area contributed by atoms with Crippen molar-refractivity contribution in [3.63, 3.8) is 0 Å². The van der Waals surface area contributed by atoms with Crippen molar-refractivity contribution in [3.8, 4) is 0 Å². The van der Waals surface area contributed by atoms with E-state index in [-0.39, 0.29) is 6.54 Å². The Bertz CT molecular complexity index is 1080. The molecule has 0 fully saturated rings. The zero-order valence-corrected chi connectivity index (χ0v) is 15.1. The molecule has 0 saturated carbocycles. The van der Waals surface area contributed by atoms with Gasteiger partial charge in [0.05, 0.1) is 16.8 Å². The number of hydrogen-bond donors (Lipinski definition) is 3. The molecule has 0 aliphatic carbocycles. The molecule has 3 aromatic rings. The summed E-state index contributed by atoms with van der Waals surface area (Å²) in [6.45, 7) is 4.69. The maximum Gasteiger partial charge on any atom is 0.331 e. The summed E-state index contributed by atoms with van der Waals surface area (Å²) in [5.74, 6) is -1.85. The van der Waals surface area contributed by atoms with Crippen molar-refractivity contribution >= 4 is 22.6 Å². The fourth-order valence-corrected chi connectivity index (χ4v) is 3.10. The maximum atomic E-state index is 12.6. The predicted octanol–water partition coefficient (Wildman–Crippen LogP) is 0.987. The van der Waals surface area contributed by atoms with E-state index >= 15 is 0 Å². The second kappa shape index (κ2) is 7.02. The molecule has 9 heteroatoms. The summed E-state index contributed by atoms with van der Waals surface area (Å²) >= 11 is 0. The van der Waals surface area contributed by atoms with Crippen LogP contribution in [0.4, 0.5) is 0 Å². The molecule has 3 N–H and O–H groups in total. The van der Waals surface area contributed by atoms with Crippen molar-refractivity contribution < 1.29 is 14.7 Å². The molecule has 140 valence electrons. The largest absolute Gasteiger partial charge is 0.479 e. The normalized spacial score (nSPS) is 12.1. The van der Waals surface area contributed by atoms with E-state index < -0.39 is 23.5 Å². The van der Waals surface area contributed by atoms with E-state index in [1.165, 1.54) is 0 Å². The molecule has 1 aromatic carbocycles. The zero-order valence-electron chi connectivity index (χ0n) is 15.1. The number of carbonyl (C=O) groups excluding carboxylic acids is 1. The number of nitrogens with zero attached hydrogens (tertiary/aromatic N) is 3. The number of carboxylic acid groups (broad SMARTS) is 1. The monoisotopic (exact) mass is 369 g/mol. The molecule has 0 radical (unpaired) electrons. The van der Waals surface area contributed by atoms with Crippen molar-refractivity contribution in [2.45, 2.75) is 33.4 Å². The van der Waals surface area contributed by atoms with E-state index in [0.29, 0.717) is 33.4 Å². The number of fused-ring (bicyclic) bond motifs is 1. The number of aliphatic carboxylic acids is 1. The average Bonchev–Trinajstić information content (AvgIpc) is 2.95. The van der Waals surface area contributed by atoms with Crippen LogP contribution in [0.1, 0.15) is 28.7 Å². The van der Waals surface area contributed by atoms with Crippen molar-refractivity contribution in [1.29, 1.82) is 0 Å². The van der Waals surface area contributed by atoms with Crippen LogP contribution in [0.3, 0.4) is 0 Å². The number of rotatable bonds is 5. The molecule has 3 rings (SSSR count). The highest BCUT2D eigenvalue weighted by Gasteiger charge is 2.27. The van der Waals surface area contributed by atoms with E-state index in [1.807, 2.05) is 0 Å². The summed E-state index contributed by atoms with van der Waals surface area (Å²) in [6, 6.07) is 5.72. The molecule has 0 aliphatic rings. The molecule has 0 spiro atoms. The molecule has 2 heterocycles. The van der Waals surface area contributed by atoms with Gasteiger partial charge in [-0.2, -0.15) is 10.2 Å². The lowest BCUT2D eigenvalue weighted by molar-refractivity contribution is -0.142. The number of hydrogen-bond acceptors (Lipinski definition) is 5. The standard InChI is InChI=1S/C18H19N5O4/c1-9-12-6-4-5-7-13(12)17(25)23(22-9)8-14(24)19-16(18(26)27)15-10(2)20-21-11(15)3/h4-7,16H,8H2,1-3H3,(H,19,24)(H,20,21)(H,26,27)/t16-/m1/s1. The first-order valence-electron chi connectivity index (χ1n) is 8.29. The summed E-state index contributed by atoms with van der Waals surface area (Å²) in [4.78, 5) is 36.6. The zero-order chi connectivity index (χ0) is 19.7. The van der Waals surface area contributed by atoms with Crippen LogP contribution in [0.2, 0.25) is 0 Å². The fourth-order valence-electron chi connectivity index (χ4n) is 3.10. The van der Waals surface area contributed by atoms with Gasteiger partial charge >= 0.3 is 5.97 Å². The predicted molar refractivity (Wildman–Crippen MR) is 97.3 cm³/mol. The van der Waals surface area contributed by atoms with Crippen LogP contribution in [0, 0.1) is 20.8 Å². The third kappa shape index (κ3) is 3.43. The average molecular weight is 369 g/mol. The van der Waals surface area contributed by atoms with E-state index in [4.69, 9.17) is 0 Å². The number of aromatic amines is 1. The number of H-pyrrole nitrogens is 1. The van der Waals surface area contributed by atoms with Crippen LogP contribution in [0.25, 0.3) is 10.8 Å². The van der Waals surface area contributed by atoms with Gasteiger partial charge in [-0.25, -0.2) is 9.48 Å². The van der Waals surface area contributed by atoms with Crippen LogP contribution < -0.4 is 10.9 Å². The Kier molecular flexibility index (Phi) is 4.76. The summed E-state index contributed by atoms with van der Waals surface area (Å²) in [5.41, 5.74) is 1.63. The van der Waals surface area contributed by atoms with E-state index in [2.05, 4.69) is 20.6 Å². The van der Waals surface area contributed by atoms with Gasteiger partial charge in [-0.05, 0) is 26.8 Å². The van der Waals surface area contributed by atoms with Crippen molar-refractivity contribution in [2.75, 3.05) is 0 Å². The third-order valence-corrected chi connectivity index (χ3v) is 4.37. The Morgan fingerprint density at radius 3 is 2.44 bits per heavy atom. The number of amides is 1. The first kappa shape index (κ1) is 18.3. The number of nitrogens with one attached hydrogen (secondary N) is 2. The first-order chi connectivity index (χ1) is 12.8. The topological polar surface area (TPSA) is 130 Å². The van der Waals surface area contributed by atoms with E-state index in [1.54, 1.807) is 45.0 Å². The van der Waals surface area contributed by atoms with Gasteiger partial charge in [0.15, 0.2) is 6.04 Å². The maximum absolute atomic E-state index is 12.6. The molecule has 0 aliphatic heterocycles. The van der Waals surface area contributed by atoms with Gasteiger partial charge in [-0.15, -0.1) is 0 Å². The molecule has 9 nitrogen and oxygen atoms in total. The Morgan fingerprint density at radius 2 is 1.85 bits per heavy atom. The quantitative estimate of drug-likeness (QED) is 0.615. The van der Waals surface area contributed by atoms with Gasteiger partial charge in [0.1, 0.15) is 6.54 Å². The van der Waals surface area contributed by atoms with Crippen LogP contribution in [0.5, 0.6) is 0 Å². The Hall–Kier alpha value is -3.49. The van der Waals surface area contributed by atoms with Gasteiger partial charge in [-0.3, -0.25) is 14.7 Å². The molecular formula is C18H19N5O4. The highest BCUT2D eigenvalue weighted by Crippen LogP contribution is 2.20. The van der Waals surface area contributed by atoms with Crippen LogP contribution in [-0.4, -0.2) is 37.0 Å². The Morgan fingerprint density at radius 1 is 1.19 bits per heavy atom. The van der Waals surface area contributed by atoms with Crippen LogP contribution in [-0.2, 0) is 16.1 Å². The minimum atomic E-state index is -1.27. The summed E-state index contributed by atoms with van der Waals surface area (Å²) in [6.07, 6.45) is 0.